The molecule has 0 amide bonds. The molecule has 2 N–H and O–H groups in total. The number of nitrogens with two attached hydrogens (primary N) is 1. The highest BCUT2D eigenvalue weighted by molar-refractivity contribution is 7.81. The van der Waals surface area contributed by atoms with E-state index in [2.05, 4.69) is 33.4 Å². The Morgan fingerprint density at radius 2 is 1.70 bits per heavy atom. The van der Waals surface area contributed by atoms with Crippen LogP contribution in [0.5, 0.6) is 0 Å². The summed E-state index contributed by atoms with van der Waals surface area (Å²) in [4.78, 5) is 0. The summed E-state index contributed by atoms with van der Waals surface area (Å²) in [5.74, 6) is 0. The smallest absolute Gasteiger partial charge is 0.0266 e. The van der Waals surface area contributed by atoms with Crippen molar-refractivity contribution in [2.24, 2.45) is 5.73 Å². The number of hydrogen-bond acceptors (Lipinski definition) is 2. The quantitative estimate of drug-likeness (QED) is 0.607. The summed E-state index contributed by atoms with van der Waals surface area (Å²) in [7, 11) is 0. The Bertz CT molecular complexity index is 89.3. The molecule has 0 aromatic rings. The zero-order chi connectivity index (χ0) is 8.20. The van der Waals surface area contributed by atoms with E-state index in [1.165, 1.54) is 0 Å². The van der Waals surface area contributed by atoms with Crippen molar-refractivity contribution in [1.82, 2.24) is 0 Å². The molecule has 0 radical (unpaired) electrons. The third kappa shape index (κ3) is 2.17. The van der Waals surface area contributed by atoms with E-state index in [4.69, 9.17) is 5.73 Å². The normalized spacial score (nSPS) is 15.3. The fourth-order valence-electron chi connectivity index (χ4n) is 1.13. The van der Waals surface area contributed by atoms with Gasteiger partial charge in [-0.3, -0.25) is 0 Å². The van der Waals surface area contributed by atoms with Gasteiger partial charge in [-0.25, -0.2) is 0 Å². The molecule has 2 heteroatoms. The highest BCUT2D eigenvalue weighted by atomic mass is 32.1. The lowest BCUT2D eigenvalue weighted by atomic mass is 9.89. The largest absolute Gasteiger partial charge is 0.324 e. The zero-order valence-corrected chi connectivity index (χ0v) is 8.12. The first-order chi connectivity index (χ1) is 4.60. The lowest BCUT2D eigenvalue weighted by molar-refractivity contribution is 0.376. The van der Waals surface area contributed by atoms with Crippen molar-refractivity contribution in [3.63, 3.8) is 0 Å². The monoisotopic (exact) mass is 161 g/mol. The van der Waals surface area contributed by atoms with E-state index in [0.717, 1.165) is 19.3 Å². The molecule has 0 bridgehead atoms. The van der Waals surface area contributed by atoms with Gasteiger partial charge >= 0.3 is 0 Å². The molecule has 0 aliphatic heterocycles. The minimum atomic E-state index is -0.0438. The summed E-state index contributed by atoms with van der Waals surface area (Å²) in [6.45, 7) is 6.38. The van der Waals surface area contributed by atoms with Crippen LogP contribution in [0.4, 0.5) is 0 Å². The van der Waals surface area contributed by atoms with Gasteiger partial charge in [-0.1, -0.05) is 20.8 Å². The van der Waals surface area contributed by atoms with Gasteiger partial charge in [0.05, 0.1) is 0 Å². The molecule has 62 valence electrons. The minimum absolute atomic E-state index is 0.0438. The maximum absolute atomic E-state index is 6.07. The third-order valence-corrected chi connectivity index (χ3v) is 3.25. The van der Waals surface area contributed by atoms with Crippen LogP contribution in [-0.4, -0.2) is 10.8 Å². The van der Waals surface area contributed by atoms with E-state index >= 15 is 0 Å². The van der Waals surface area contributed by atoms with Crippen LogP contribution in [0.25, 0.3) is 0 Å². The van der Waals surface area contributed by atoms with Gasteiger partial charge < -0.3 is 5.73 Å². The average Bonchev–Trinajstić information content (AvgIpc) is 2.01. The van der Waals surface area contributed by atoms with Crippen LogP contribution >= 0.6 is 12.6 Å². The maximum atomic E-state index is 6.07. The number of rotatable bonds is 4. The molecular weight excluding hydrogens is 142 g/mol. The zero-order valence-electron chi connectivity index (χ0n) is 7.22. The Morgan fingerprint density at radius 1 is 1.30 bits per heavy atom. The summed E-state index contributed by atoms with van der Waals surface area (Å²) in [6, 6.07) is 0. The Balaban J connectivity index is 4.02. The Labute approximate surface area is 69.8 Å². The van der Waals surface area contributed by atoms with Gasteiger partial charge in [-0.2, -0.15) is 12.6 Å². The lowest BCUT2D eigenvalue weighted by Gasteiger charge is -2.32. The van der Waals surface area contributed by atoms with Gasteiger partial charge in [0.1, 0.15) is 0 Å². The summed E-state index contributed by atoms with van der Waals surface area (Å²) in [5.41, 5.74) is 6.03. The molecule has 0 fully saturated rings. The van der Waals surface area contributed by atoms with Crippen molar-refractivity contribution >= 4 is 12.6 Å². The first-order valence-electron chi connectivity index (χ1n) is 4.07. The summed E-state index contributed by atoms with van der Waals surface area (Å²) < 4.78 is 0. The standard InChI is InChI=1S/C8H19NS/c1-4-7(10)8(9,5-2)6-3/h7,10H,4-6,9H2,1-3H3. The predicted octanol–water partition coefficient (Wildman–Crippen LogP) is 2.21. The maximum Gasteiger partial charge on any atom is 0.0266 e. The van der Waals surface area contributed by atoms with E-state index in [0.29, 0.717) is 5.25 Å². The molecule has 1 unspecified atom stereocenters. The minimum Gasteiger partial charge on any atom is -0.324 e. The molecule has 10 heavy (non-hydrogen) atoms. The van der Waals surface area contributed by atoms with E-state index in [9.17, 15) is 0 Å². The van der Waals surface area contributed by atoms with Crippen molar-refractivity contribution in [2.75, 3.05) is 0 Å². The summed E-state index contributed by atoms with van der Waals surface area (Å²) in [5, 5.41) is 0.350. The van der Waals surface area contributed by atoms with Gasteiger partial charge in [0, 0.05) is 10.8 Å². The molecule has 0 aliphatic carbocycles. The van der Waals surface area contributed by atoms with Crippen LogP contribution < -0.4 is 5.73 Å². The van der Waals surface area contributed by atoms with Crippen LogP contribution in [0.15, 0.2) is 0 Å². The average molecular weight is 161 g/mol. The molecule has 0 heterocycles. The van der Waals surface area contributed by atoms with Crippen molar-refractivity contribution in [2.45, 2.75) is 50.8 Å². The van der Waals surface area contributed by atoms with Gasteiger partial charge in [0.2, 0.25) is 0 Å². The molecule has 0 saturated carbocycles. The topological polar surface area (TPSA) is 26.0 Å². The van der Waals surface area contributed by atoms with Crippen molar-refractivity contribution in [3.8, 4) is 0 Å². The fourth-order valence-corrected chi connectivity index (χ4v) is 1.49. The first kappa shape index (κ1) is 10.3. The highest BCUT2D eigenvalue weighted by Crippen LogP contribution is 2.22. The molecule has 0 spiro atoms. The van der Waals surface area contributed by atoms with Crippen LogP contribution in [0.1, 0.15) is 40.0 Å². The van der Waals surface area contributed by atoms with Gasteiger partial charge in [-0.05, 0) is 19.3 Å². The predicted molar refractivity (Wildman–Crippen MR) is 50.6 cm³/mol. The molecule has 0 saturated heterocycles. The van der Waals surface area contributed by atoms with Gasteiger partial charge in [-0.15, -0.1) is 0 Å². The molecule has 0 aromatic heterocycles. The summed E-state index contributed by atoms with van der Waals surface area (Å²) in [6.07, 6.45) is 3.10. The first-order valence-corrected chi connectivity index (χ1v) is 4.59. The second-order valence-electron chi connectivity index (χ2n) is 2.86. The number of thiol groups is 1. The van der Waals surface area contributed by atoms with Crippen LogP contribution in [0, 0.1) is 0 Å². The molecule has 0 aliphatic rings. The Kier molecular flexibility index (Phi) is 4.37. The van der Waals surface area contributed by atoms with Crippen molar-refractivity contribution in [3.05, 3.63) is 0 Å². The Hall–Kier alpha value is 0.310. The van der Waals surface area contributed by atoms with E-state index in [-0.39, 0.29) is 5.54 Å². The van der Waals surface area contributed by atoms with Crippen LogP contribution in [0.3, 0.4) is 0 Å². The van der Waals surface area contributed by atoms with Gasteiger partial charge in [0.25, 0.3) is 0 Å². The van der Waals surface area contributed by atoms with E-state index < -0.39 is 0 Å². The second kappa shape index (κ2) is 4.24. The van der Waals surface area contributed by atoms with Gasteiger partial charge in [0.15, 0.2) is 0 Å². The number of hydrogen-bond donors (Lipinski definition) is 2. The van der Waals surface area contributed by atoms with E-state index in [1.54, 1.807) is 0 Å². The van der Waals surface area contributed by atoms with Crippen LogP contribution in [-0.2, 0) is 0 Å². The molecule has 0 aromatic carbocycles. The second-order valence-corrected chi connectivity index (χ2v) is 3.49. The third-order valence-electron chi connectivity index (χ3n) is 2.37. The lowest BCUT2D eigenvalue weighted by Crippen LogP contribution is -2.46. The fraction of sp³-hybridized carbons (Fsp3) is 1.00. The van der Waals surface area contributed by atoms with Crippen molar-refractivity contribution in [1.29, 1.82) is 0 Å². The molecule has 0 rings (SSSR count). The Morgan fingerprint density at radius 3 is 1.80 bits per heavy atom. The molecule has 1 atom stereocenters. The molecule has 1 nitrogen and oxygen atoms in total. The highest BCUT2D eigenvalue weighted by Gasteiger charge is 2.26. The SMILES string of the molecule is CCC(S)C(N)(CC)CC. The van der Waals surface area contributed by atoms with Crippen molar-refractivity contribution < 1.29 is 0 Å². The summed E-state index contributed by atoms with van der Waals surface area (Å²) >= 11 is 4.45. The molecular formula is C8H19NS. The van der Waals surface area contributed by atoms with E-state index in [1.807, 2.05) is 0 Å². The van der Waals surface area contributed by atoms with Crippen LogP contribution in [0.2, 0.25) is 0 Å².